The van der Waals surface area contributed by atoms with Gasteiger partial charge in [-0.15, -0.1) is 0 Å². The number of hydrogen-bond donors (Lipinski definition) is 1. The van der Waals surface area contributed by atoms with Crippen molar-refractivity contribution in [2.75, 3.05) is 4.90 Å². The first-order valence-electron chi connectivity index (χ1n) is 11.6. The van der Waals surface area contributed by atoms with E-state index in [1.165, 1.54) is 0 Å². The summed E-state index contributed by atoms with van der Waals surface area (Å²) in [5.41, 5.74) is 3.85. The van der Waals surface area contributed by atoms with E-state index in [0.717, 1.165) is 16.7 Å². The SMILES string of the molecule is C[C@@H](NC(=O)Cc1cccc(N(Cc2ccccc2)C(=O)c2ccc(Cl)cc2Cl)c1)c1ccccc1. The van der Waals surface area contributed by atoms with Gasteiger partial charge >= 0.3 is 0 Å². The predicted molar refractivity (Wildman–Crippen MR) is 147 cm³/mol. The van der Waals surface area contributed by atoms with Crippen LogP contribution in [0.15, 0.2) is 103 Å². The Morgan fingerprint density at radius 3 is 2.17 bits per heavy atom. The first kappa shape index (κ1) is 25.5. The number of halogens is 2. The highest BCUT2D eigenvalue weighted by Crippen LogP contribution is 2.27. The third-order valence-electron chi connectivity index (χ3n) is 5.85. The zero-order valence-corrected chi connectivity index (χ0v) is 21.3. The van der Waals surface area contributed by atoms with Crippen LogP contribution in [0.1, 0.15) is 40.0 Å². The summed E-state index contributed by atoms with van der Waals surface area (Å²) >= 11 is 12.4. The van der Waals surface area contributed by atoms with Gasteiger partial charge in [-0.3, -0.25) is 9.59 Å². The van der Waals surface area contributed by atoms with Crippen LogP contribution >= 0.6 is 23.2 Å². The zero-order chi connectivity index (χ0) is 25.5. The van der Waals surface area contributed by atoms with Crippen LogP contribution < -0.4 is 10.2 Å². The minimum atomic E-state index is -0.250. The lowest BCUT2D eigenvalue weighted by atomic mass is 10.1. The van der Waals surface area contributed by atoms with Crippen LogP contribution in [0.25, 0.3) is 0 Å². The van der Waals surface area contributed by atoms with E-state index in [-0.39, 0.29) is 29.3 Å². The van der Waals surface area contributed by atoms with Gasteiger partial charge in [0.25, 0.3) is 5.91 Å². The van der Waals surface area contributed by atoms with Crippen LogP contribution in [-0.2, 0) is 17.8 Å². The van der Waals surface area contributed by atoms with Gasteiger partial charge in [0.2, 0.25) is 5.91 Å². The van der Waals surface area contributed by atoms with E-state index < -0.39 is 0 Å². The number of amides is 2. The molecule has 1 atom stereocenters. The highest BCUT2D eigenvalue weighted by Gasteiger charge is 2.21. The van der Waals surface area contributed by atoms with Gasteiger partial charge in [-0.2, -0.15) is 0 Å². The monoisotopic (exact) mass is 516 g/mol. The Morgan fingerprint density at radius 1 is 0.806 bits per heavy atom. The number of anilines is 1. The zero-order valence-electron chi connectivity index (χ0n) is 19.8. The van der Waals surface area contributed by atoms with Crippen molar-refractivity contribution in [2.45, 2.75) is 25.9 Å². The average molecular weight is 517 g/mol. The molecule has 36 heavy (non-hydrogen) atoms. The van der Waals surface area contributed by atoms with Crippen molar-refractivity contribution in [3.63, 3.8) is 0 Å². The molecule has 1 N–H and O–H groups in total. The maximum atomic E-state index is 13.6. The lowest BCUT2D eigenvalue weighted by molar-refractivity contribution is -0.121. The second kappa shape index (κ2) is 11.9. The minimum Gasteiger partial charge on any atom is -0.349 e. The normalized spacial score (nSPS) is 11.5. The molecule has 6 heteroatoms. The Morgan fingerprint density at radius 2 is 1.47 bits per heavy atom. The van der Waals surface area contributed by atoms with E-state index in [0.29, 0.717) is 22.8 Å². The highest BCUT2D eigenvalue weighted by atomic mass is 35.5. The van der Waals surface area contributed by atoms with Crippen LogP contribution in [0.4, 0.5) is 5.69 Å². The number of carbonyl (C=O) groups excluding carboxylic acids is 2. The number of nitrogens with one attached hydrogen (secondary N) is 1. The summed E-state index contributed by atoms with van der Waals surface area (Å²) in [6.07, 6.45) is 0.195. The Kier molecular flexibility index (Phi) is 8.42. The molecule has 4 nitrogen and oxygen atoms in total. The topological polar surface area (TPSA) is 49.4 Å². The molecule has 0 unspecified atom stereocenters. The van der Waals surface area contributed by atoms with Crippen LogP contribution in [0, 0.1) is 0 Å². The molecule has 0 fully saturated rings. The Labute approximate surface area is 221 Å². The van der Waals surface area contributed by atoms with Gasteiger partial charge < -0.3 is 10.2 Å². The van der Waals surface area contributed by atoms with Crippen LogP contribution in [0.5, 0.6) is 0 Å². The number of carbonyl (C=O) groups is 2. The van der Waals surface area contributed by atoms with E-state index in [4.69, 9.17) is 23.2 Å². The van der Waals surface area contributed by atoms with Gasteiger partial charge in [0.05, 0.1) is 29.6 Å². The lowest BCUT2D eigenvalue weighted by Crippen LogP contribution is -2.31. The maximum Gasteiger partial charge on any atom is 0.260 e. The van der Waals surface area contributed by atoms with Crippen LogP contribution in [-0.4, -0.2) is 11.8 Å². The van der Waals surface area contributed by atoms with Crippen molar-refractivity contribution in [3.8, 4) is 0 Å². The molecule has 0 aliphatic carbocycles. The molecule has 182 valence electrons. The fourth-order valence-corrected chi connectivity index (χ4v) is 4.48. The molecule has 0 bridgehead atoms. The molecule has 0 aliphatic rings. The van der Waals surface area contributed by atoms with E-state index >= 15 is 0 Å². The van der Waals surface area contributed by atoms with Gasteiger partial charge in [-0.1, -0.05) is 96.0 Å². The number of benzene rings is 4. The summed E-state index contributed by atoms with van der Waals surface area (Å²) in [6.45, 7) is 2.30. The first-order valence-corrected chi connectivity index (χ1v) is 12.4. The second-order valence-corrected chi connectivity index (χ2v) is 9.39. The molecule has 0 heterocycles. The van der Waals surface area contributed by atoms with E-state index in [9.17, 15) is 9.59 Å². The van der Waals surface area contributed by atoms with Crippen molar-refractivity contribution < 1.29 is 9.59 Å². The molecular formula is C30H26Cl2N2O2. The summed E-state index contributed by atoms with van der Waals surface area (Å²) in [6, 6.07) is 31.8. The highest BCUT2D eigenvalue weighted by molar-refractivity contribution is 6.37. The van der Waals surface area contributed by atoms with Crippen LogP contribution in [0.2, 0.25) is 10.0 Å². The molecule has 0 radical (unpaired) electrons. The Bertz CT molecular complexity index is 1340. The number of nitrogens with zero attached hydrogens (tertiary/aromatic N) is 1. The molecule has 4 aromatic carbocycles. The standard InChI is InChI=1S/C30H26Cl2N2O2/c1-21(24-12-6-3-7-13-24)33-29(35)18-23-11-8-14-26(17-23)34(20-22-9-4-2-5-10-22)30(36)27-16-15-25(31)19-28(27)32/h2-17,19,21H,18,20H2,1H3,(H,33,35)/t21-/m1/s1. The van der Waals surface area contributed by atoms with Gasteiger partial charge in [-0.05, 0) is 53.9 Å². The Balaban J connectivity index is 1.58. The van der Waals surface area contributed by atoms with Gasteiger partial charge in [0.1, 0.15) is 0 Å². The van der Waals surface area contributed by atoms with Gasteiger partial charge in [0, 0.05) is 10.7 Å². The molecule has 0 saturated carbocycles. The molecular weight excluding hydrogens is 491 g/mol. The molecule has 2 amide bonds. The minimum absolute atomic E-state index is 0.0924. The van der Waals surface area contributed by atoms with Crippen molar-refractivity contribution in [1.82, 2.24) is 5.32 Å². The van der Waals surface area contributed by atoms with Crippen molar-refractivity contribution in [3.05, 3.63) is 135 Å². The summed E-state index contributed by atoms with van der Waals surface area (Å²) in [5.74, 6) is -0.343. The van der Waals surface area contributed by atoms with Crippen molar-refractivity contribution >= 4 is 40.7 Å². The lowest BCUT2D eigenvalue weighted by Gasteiger charge is -2.24. The molecule has 0 aromatic heterocycles. The van der Waals surface area contributed by atoms with Crippen molar-refractivity contribution in [2.24, 2.45) is 0 Å². The molecule has 0 aliphatic heterocycles. The smallest absolute Gasteiger partial charge is 0.260 e. The summed E-state index contributed by atoms with van der Waals surface area (Å²) in [5, 5.41) is 3.80. The summed E-state index contributed by atoms with van der Waals surface area (Å²) in [7, 11) is 0. The van der Waals surface area contributed by atoms with Crippen LogP contribution in [0.3, 0.4) is 0 Å². The fourth-order valence-electron chi connectivity index (χ4n) is 3.99. The molecule has 0 saturated heterocycles. The largest absolute Gasteiger partial charge is 0.349 e. The summed E-state index contributed by atoms with van der Waals surface area (Å²) < 4.78 is 0. The average Bonchev–Trinajstić information content (AvgIpc) is 2.88. The van der Waals surface area contributed by atoms with Crippen molar-refractivity contribution in [1.29, 1.82) is 0 Å². The second-order valence-electron chi connectivity index (χ2n) is 8.55. The first-order chi connectivity index (χ1) is 17.4. The number of hydrogen-bond acceptors (Lipinski definition) is 2. The molecule has 4 rings (SSSR count). The third-order valence-corrected chi connectivity index (χ3v) is 6.40. The van der Waals surface area contributed by atoms with E-state index in [1.54, 1.807) is 23.1 Å². The Hall–Kier alpha value is -3.60. The molecule has 4 aromatic rings. The predicted octanol–water partition coefficient (Wildman–Crippen LogP) is 7.26. The quantitative estimate of drug-likeness (QED) is 0.268. The number of rotatable bonds is 8. The van der Waals surface area contributed by atoms with Gasteiger partial charge in [-0.25, -0.2) is 0 Å². The molecule has 0 spiro atoms. The summed E-state index contributed by atoms with van der Waals surface area (Å²) in [4.78, 5) is 28.1. The van der Waals surface area contributed by atoms with E-state index in [2.05, 4.69) is 5.32 Å². The van der Waals surface area contributed by atoms with E-state index in [1.807, 2.05) is 91.9 Å². The fraction of sp³-hybridized carbons (Fsp3) is 0.133. The third kappa shape index (κ3) is 6.54. The maximum absolute atomic E-state index is 13.6. The van der Waals surface area contributed by atoms with Gasteiger partial charge in [0.15, 0.2) is 0 Å².